The number of pyridine rings is 1. The number of ether oxygens (including phenoxy) is 2. The molecule has 2 aromatic carbocycles. The maximum absolute atomic E-state index is 10.6. The van der Waals surface area contributed by atoms with Crippen LogP contribution in [0.3, 0.4) is 0 Å². The molecule has 0 aliphatic carbocycles. The van der Waals surface area contributed by atoms with Gasteiger partial charge in [0.05, 0.1) is 35.7 Å². The first-order valence-corrected chi connectivity index (χ1v) is 9.48. The zero-order chi connectivity index (χ0) is 20.6. The van der Waals surface area contributed by atoms with E-state index in [1.54, 1.807) is 18.3 Å². The highest BCUT2D eigenvalue weighted by Gasteiger charge is 2.14. The van der Waals surface area contributed by atoms with E-state index in [0.29, 0.717) is 31.1 Å². The van der Waals surface area contributed by atoms with Crippen LogP contribution in [0.5, 0.6) is 5.75 Å². The molecule has 1 aromatic heterocycles. The molecule has 0 aliphatic rings. The molecule has 1 unspecified atom stereocenters. The van der Waals surface area contributed by atoms with E-state index in [-0.39, 0.29) is 12.6 Å². The van der Waals surface area contributed by atoms with Crippen LogP contribution >= 0.6 is 0 Å². The molecule has 7 nitrogen and oxygen atoms in total. The number of carboxylic acids is 1. The Labute approximate surface area is 169 Å². The highest BCUT2D eigenvalue weighted by molar-refractivity contribution is 5.96. The smallest absolute Gasteiger partial charge is 0.341 e. The Kier molecular flexibility index (Phi) is 6.86. The third-order valence-electron chi connectivity index (χ3n) is 4.44. The van der Waals surface area contributed by atoms with Crippen molar-refractivity contribution < 1.29 is 19.4 Å². The van der Waals surface area contributed by atoms with Gasteiger partial charge in [0.1, 0.15) is 5.75 Å². The van der Waals surface area contributed by atoms with Crippen molar-refractivity contribution in [1.29, 1.82) is 0 Å². The molecular formula is C22H25N3O4. The molecule has 0 fully saturated rings. The van der Waals surface area contributed by atoms with E-state index in [1.165, 1.54) is 0 Å². The second-order valence-corrected chi connectivity index (χ2v) is 6.64. The molecule has 0 bridgehead atoms. The topological polar surface area (TPSA) is 107 Å². The van der Waals surface area contributed by atoms with E-state index in [0.717, 1.165) is 22.2 Å². The number of fused-ring (bicyclic) bond motifs is 1. The van der Waals surface area contributed by atoms with E-state index in [4.69, 9.17) is 20.3 Å². The third-order valence-corrected chi connectivity index (χ3v) is 4.44. The Hall–Kier alpha value is -3.32. The summed E-state index contributed by atoms with van der Waals surface area (Å²) < 4.78 is 10.9. The standard InChI is InChI=1S/C22H25N3O4/c1-2-28-13-16(11-15-7-9-17(10-8-15)29-14-21(26)27)25-22-18-5-3-4-6-20(18)24-12-19(22)23/h3-10,12,16H,2,11,13-14,23H2,1H3,(H,24,25)(H,26,27). The van der Waals surface area contributed by atoms with Crippen molar-refractivity contribution >= 4 is 28.2 Å². The first-order chi connectivity index (χ1) is 14.1. The summed E-state index contributed by atoms with van der Waals surface area (Å²) in [7, 11) is 0. The highest BCUT2D eigenvalue weighted by Crippen LogP contribution is 2.28. The summed E-state index contributed by atoms with van der Waals surface area (Å²) in [6, 6.07) is 15.2. The molecule has 29 heavy (non-hydrogen) atoms. The molecule has 7 heteroatoms. The number of nitrogens with two attached hydrogens (primary N) is 1. The van der Waals surface area contributed by atoms with Gasteiger partial charge in [-0.05, 0) is 37.1 Å². The van der Waals surface area contributed by atoms with Gasteiger partial charge in [0.2, 0.25) is 0 Å². The number of rotatable bonds is 10. The minimum atomic E-state index is -1.00. The number of aliphatic carboxylic acids is 1. The van der Waals surface area contributed by atoms with Crippen molar-refractivity contribution in [2.75, 3.05) is 30.9 Å². The lowest BCUT2D eigenvalue weighted by molar-refractivity contribution is -0.139. The summed E-state index contributed by atoms with van der Waals surface area (Å²) in [6.45, 7) is 2.74. The monoisotopic (exact) mass is 395 g/mol. The summed E-state index contributed by atoms with van der Waals surface area (Å²) in [4.78, 5) is 15.0. The molecule has 0 aliphatic heterocycles. The fraction of sp³-hybridized carbons (Fsp3) is 0.273. The number of nitrogens with zero attached hydrogens (tertiary/aromatic N) is 1. The summed E-state index contributed by atoms with van der Waals surface area (Å²) in [5.74, 6) is -0.480. The average molecular weight is 395 g/mol. The first-order valence-electron chi connectivity index (χ1n) is 9.48. The van der Waals surface area contributed by atoms with Gasteiger partial charge < -0.3 is 25.6 Å². The SMILES string of the molecule is CCOCC(Cc1ccc(OCC(=O)O)cc1)Nc1c(N)cnc2ccccc12. The molecular weight excluding hydrogens is 370 g/mol. The van der Waals surface area contributed by atoms with Crippen molar-refractivity contribution in [1.82, 2.24) is 4.98 Å². The molecule has 3 rings (SSSR count). The predicted molar refractivity (Wildman–Crippen MR) is 113 cm³/mol. The Morgan fingerprint density at radius 2 is 1.97 bits per heavy atom. The molecule has 4 N–H and O–H groups in total. The predicted octanol–water partition coefficient (Wildman–Crippen LogP) is 3.34. The lowest BCUT2D eigenvalue weighted by Crippen LogP contribution is -2.28. The quantitative estimate of drug-likeness (QED) is 0.483. The van der Waals surface area contributed by atoms with Gasteiger partial charge in [-0.15, -0.1) is 0 Å². The van der Waals surface area contributed by atoms with Crippen LogP contribution in [-0.4, -0.2) is 41.9 Å². The number of hydrogen-bond acceptors (Lipinski definition) is 6. The van der Waals surface area contributed by atoms with Gasteiger partial charge in [0.25, 0.3) is 0 Å². The number of benzene rings is 2. The molecule has 0 radical (unpaired) electrons. The van der Waals surface area contributed by atoms with Gasteiger partial charge in [-0.3, -0.25) is 4.98 Å². The molecule has 0 saturated carbocycles. The Balaban J connectivity index is 1.77. The maximum atomic E-state index is 10.6. The van der Waals surface area contributed by atoms with Crippen LogP contribution in [0.4, 0.5) is 11.4 Å². The number of hydrogen-bond donors (Lipinski definition) is 3. The van der Waals surface area contributed by atoms with Crippen molar-refractivity contribution in [3.8, 4) is 5.75 Å². The van der Waals surface area contributed by atoms with Gasteiger partial charge in [-0.1, -0.05) is 30.3 Å². The van der Waals surface area contributed by atoms with Gasteiger partial charge in [0.15, 0.2) is 6.61 Å². The van der Waals surface area contributed by atoms with Crippen molar-refractivity contribution in [3.63, 3.8) is 0 Å². The normalized spacial score (nSPS) is 11.9. The number of anilines is 2. The van der Waals surface area contributed by atoms with Crippen LogP contribution in [0, 0.1) is 0 Å². The van der Waals surface area contributed by atoms with Crippen LogP contribution in [0.15, 0.2) is 54.7 Å². The number of nitrogen functional groups attached to an aromatic ring is 1. The Morgan fingerprint density at radius 3 is 2.69 bits per heavy atom. The number of carbonyl (C=O) groups is 1. The minimum Gasteiger partial charge on any atom is -0.482 e. The number of nitrogens with one attached hydrogen (secondary N) is 1. The van der Waals surface area contributed by atoms with E-state index < -0.39 is 5.97 Å². The highest BCUT2D eigenvalue weighted by atomic mass is 16.5. The Morgan fingerprint density at radius 1 is 1.21 bits per heavy atom. The Bertz CT molecular complexity index is 960. The van der Waals surface area contributed by atoms with Crippen molar-refractivity contribution in [2.45, 2.75) is 19.4 Å². The lowest BCUT2D eigenvalue weighted by atomic mass is 10.0. The molecule has 0 spiro atoms. The molecule has 1 atom stereocenters. The van der Waals surface area contributed by atoms with E-state index in [1.807, 2.05) is 43.3 Å². The lowest BCUT2D eigenvalue weighted by Gasteiger charge is -2.22. The second-order valence-electron chi connectivity index (χ2n) is 6.64. The molecule has 1 heterocycles. The second kappa shape index (κ2) is 9.75. The average Bonchev–Trinajstić information content (AvgIpc) is 2.73. The summed E-state index contributed by atoms with van der Waals surface area (Å²) in [5, 5.41) is 13.2. The first kappa shape index (κ1) is 20.4. The fourth-order valence-electron chi connectivity index (χ4n) is 3.09. The summed E-state index contributed by atoms with van der Waals surface area (Å²) in [5.41, 5.74) is 9.58. The largest absolute Gasteiger partial charge is 0.482 e. The van der Waals surface area contributed by atoms with Gasteiger partial charge in [-0.25, -0.2) is 4.79 Å². The molecule has 152 valence electrons. The van der Waals surface area contributed by atoms with Crippen LogP contribution in [0.25, 0.3) is 10.9 Å². The van der Waals surface area contributed by atoms with E-state index in [2.05, 4.69) is 10.3 Å². The van der Waals surface area contributed by atoms with Gasteiger partial charge >= 0.3 is 5.97 Å². The van der Waals surface area contributed by atoms with Gasteiger partial charge in [-0.2, -0.15) is 0 Å². The zero-order valence-electron chi connectivity index (χ0n) is 16.3. The van der Waals surface area contributed by atoms with Crippen LogP contribution in [-0.2, 0) is 16.0 Å². The van der Waals surface area contributed by atoms with Crippen LogP contribution < -0.4 is 15.8 Å². The van der Waals surface area contributed by atoms with Crippen molar-refractivity contribution in [3.05, 3.63) is 60.3 Å². The molecule has 3 aromatic rings. The molecule has 0 saturated heterocycles. The van der Waals surface area contributed by atoms with Crippen molar-refractivity contribution in [2.24, 2.45) is 0 Å². The summed E-state index contributed by atoms with van der Waals surface area (Å²) in [6.07, 6.45) is 2.37. The van der Waals surface area contributed by atoms with E-state index in [9.17, 15) is 4.79 Å². The summed E-state index contributed by atoms with van der Waals surface area (Å²) >= 11 is 0. The number of carboxylic acid groups (broad SMARTS) is 1. The fourth-order valence-corrected chi connectivity index (χ4v) is 3.09. The minimum absolute atomic E-state index is 0.00570. The number of aromatic nitrogens is 1. The van der Waals surface area contributed by atoms with E-state index >= 15 is 0 Å². The van der Waals surface area contributed by atoms with Crippen LogP contribution in [0.1, 0.15) is 12.5 Å². The third kappa shape index (κ3) is 5.58. The van der Waals surface area contributed by atoms with Crippen LogP contribution in [0.2, 0.25) is 0 Å². The number of para-hydroxylation sites is 1. The molecule has 0 amide bonds. The van der Waals surface area contributed by atoms with Gasteiger partial charge in [0, 0.05) is 12.0 Å². The maximum Gasteiger partial charge on any atom is 0.341 e. The zero-order valence-corrected chi connectivity index (χ0v) is 16.3.